The van der Waals surface area contributed by atoms with Gasteiger partial charge in [-0.2, -0.15) is 9.30 Å². The molecule has 1 fully saturated rings. The third-order valence-corrected chi connectivity index (χ3v) is 8.81. The molecule has 186 valence electrons. The summed E-state index contributed by atoms with van der Waals surface area (Å²) in [5, 5.41) is 0. The van der Waals surface area contributed by atoms with Gasteiger partial charge in [-0.3, -0.25) is 4.79 Å². The summed E-state index contributed by atoms with van der Waals surface area (Å²) in [7, 11) is -0.734. The van der Waals surface area contributed by atoms with E-state index in [1.165, 1.54) is 27.8 Å². The van der Waals surface area contributed by atoms with E-state index < -0.39 is 21.8 Å². The Labute approximate surface area is 207 Å². The Morgan fingerprint density at radius 3 is 2.57 bits per heavy atom. The highest BCUT2D eigenvalue weighted by Crippen LogP contribution is 2.33. The minimum absolute atomic E-state index is 0.000151. The summed E-state index contributed by atoms with van der Waals surface area (Å²) >= 11 is 1.33. The number of methoxy groups -OCH3 is 2. The number of carbonyl (C=O) groups excluding carboxylic acids is 1. The molecule has 1 amide bonds. The maximum Gasteiger partial charge on any atom is 0.252 e. The van der Waals surface area contributed by atoms with Gasteiger partial charge in [0.1, 0.15) is 5.82 Å². The summed E-state index contributed by atoms with van der Waals surface area (Å²) < 4.78 is 54.1. The molecule has 8 nitrogen and oxygen atoms in total. The lowest BCUT2D eigenvalue weighted by molar-refractivity contribution is -0.122. The molecule has 0 spiro atoms. The predicted octanol–water partition coefficient (Wildman–Crippen LogP) is 3.57. The first-order valence-electron chi connectivity index (χ1n) is 11.0. The van der Waals surface area contributed by atoms with Crippen LogP contribution in [0, 0.1) is 11.7 Å². The van der Waals surface area contributed by atoms with E-state index in [1.54, 1.807) is 20.3 Å². The molecule has 35 heavy (non-hydrogen) atoms. The monoisotopic (exact) mass is 519 g/mol. The molecule has 1 atom stereocenters. The Hall–Kier alpha value is -3.02. The molecule has 0 saturated carbocycles. The molecular weight excluding hydrogens is 493 g/mol. The van der Waals surface area contributed by atoms with Crippen molar-refractivity contribution in [2.75, 3.05) is 27.3 Å². The van der Waals surface area contributed by atoms with Crippen LogP contribution in [0.3, 0.4) is 0 Å². The van der Waals surface area contributed by atoms with Crippen LogP contribution in [0.25, 0.3) is 10.2 Å². The normalized spacial score (nSPS) is 17.5. The van der Waals surface area contributed by atoms with Crippen molar-refractivity contribution in [3.8, 4) is 11.5 Å². The van der Waals surface area contributed by atoms with Crippen LogP contribution < -0.4 is 14.3 Å². The van der Waals surface area contributed by atoms with Crippen molar-refractivity contribution in [2.24, 2.45) is 10.9 Å². The van der Waals surface area contributed by atoms with Gasteiger partial charge in [0, 0.05) is 31.8 Å². The topological polar surface area (TPSA) is 90.2 Å². The first-order valence-corrected chi connectivity index (χ1v) is 13.2. The highest BCUT2D eigenvalue weighted by atomic mass is 32.2. The molecule has 2 heterocycles. The third kappa shape index (κ3) is 5.02. The van der Waals surface area contributed by atoms with Gasteiger partial charge in [0.25, 0.3) is 5.91 Å². The largest absolute Gasteiger partial charge is 0.493 e. The Kier molecular flexibility index (Phi) is 7.39. The zero-order chi connectivity index (χ0) is 25.2. The van der Waals surface area contributed by atoms with Crippen LogP contribution in [0.1, 0.15) is 12.8 Å². The van der Waals surface area contributed by atoms with E-state index in [0.29, 0.717) is 42.2 Å². The lowest BCUT2D eigenvalue weighted by atomic mass is 9.99. The van der Waals surface area contributed by atoms with Crippen molar-refractivity contribution in [3.05, 3.63) is 59.7 Å². The third-order valence-electron chi connectivity index (χ3n) is 5.89. The maximum absolute atomic E-state index is 13.3. The van der Waals surface area contributed by atoms with E-state index in [0.717, 1.165) is 22.3 Å². The number of amides is 1. The second-order valence-corrected chi connectivity index (χ2v) is 11.0. The Morgan fingerprint density at radius 1 is 1.23 bits per heavy atom. The molecule has 1 unspecified atom stereocenters. The van der Waals surface area contributed by atoms with E-state index in [-0.39, 0.29) is 17.3 Å². The number of fused-ring (bicyclic) bond motifs is 1. The fourth-order valence-corrected chi connectivity index (χ4v) is 6.67. The number of aromatic nitrogens is 1. The molecule has 1 aliphatic heterocycles. The fraction of sp³-hybridized carbons (Fsp3) is 0.333. The van der Waals surface area contributed by atoms with Gasteiger partial charge >= 0.3 is 0 Å². The Bertz CT molecular complexity index is 1430. The van der Waals surface area contributed by atoms with Crippen LogP contribution in [-0.4, -0.2) is 50.5 Å². The number of halogens is 1. The van der Waals surface area contributed by atoms with Crippen LogP contribution in [0.15, 0.2) is 58.9 Å². The average molecular weight is 520 g/mol. The second kappa shape index (κ2) is 10.3. The maximum atomic E-state index is 13.3. The van der Waals surface area contributed by atoms with Crippen LogP contribution in [-0.2, 0) is 21.4 Å². The van der Waals surface area contributed by atoms with E-state index in [4.69, 9.17) is 9.47 Å². The summed E-state index contributed by atoms with van der Waals surface area (Å²) in [6.07, 6.45) is 2.77. The van der Waals surface area contributed by atoms with Gasteiger partial charge in [0.2, 0.25) is 10.0 Å². The predicted molar refractivity (Wildman–Crippen MR) is 132 cm³/mol. The van der Waals surface area contributed by atoms with E-state index in [9.17, 15) is 17.6 Å². The highest BCUT2D eigenvalue weighted by molar-refractivity contribution is 7.89. The van der Waals surface area contributed by atoms with Gasteiger partial charge in [0.15, 0.2) is 16.3 Å². The van der Waals surface area contributed by atoms with Gasteiger partial charge in [0.05, 0.1) is 35.2 Å². The zero-order valence-electron chi connectivity index (χ0n) is 19.4. The first-order chi connectivity index (χ1) is 16.8. The van der Waals surface area contributed by atoms with Crippen molar-refractivity contribution in [2.45, 2.75) is 24.3 Å². The first kappa shape index (κ1) is 25.1. The number of allylic oxidation sites excluding steroid dienone is 1. The van der Waals surface area contributed by atoms with Crippen molar-refractivity contribution in [1.82, 2.24) is 8.87 Å². The number of hydrogen-bond acceptors (Lipinski definition) is 6. The minimum Gasteiger partial charge on any atom is -0.493 e. The fourth-order valence-electron chi connectivity index (χ4n) is 4.09. The zero-order valence-corrected chi connectivity index (χ0v) is 21.1. The second-order valence-electron chi connectivity index (χ2n) is 8.06. The molecule has 0 bridgehead atoms. The van der Waals surface area contributed by atoms with Gasteiger partial charge in [-0.1, -0.05) is 17.4 Å². The van der Waals surface area contributed by atoms with Crippen LogP contribution in [0.5, 0.6) is 11.5 Å². The summed E-state index contributed by atoms with van der Waals surface area (Å²) in [5.41, 5.74) is 0.822. The number of benzene rings is 2. The Balaban J connectivity index is 1.66. The highest BCUT2D eigenvalue weighted by Gasteiger charge is 2.33. The standard InChI is InChI=1S/C24H26FN3O5S2/c1-4-11-28-19-13-20(32-2)21(33-3)14-22(19)34-24(28)26-23(29)16-6-5-12-27(15-16)35(30,31)18-9-7-17(25)8-10-18/h4,7-10,13-14,16H,1,5-6,11-12,15H2,2-3H3. The van der Waals surface area contributed by atoms with Crippen molar-refractivity contribution < 1.29 is 27.1 Å². The molecule has 3 aromatic rings. The molecule has 11 heteroatoms. The van der Waals surface area contributed by atoms with Crippen molar-refractivity contribution >= 4 is 37.5 Å². The van der Waals surface area contributed by atoms with Crippen LogP contribution in [0.2, 0.25) is 0 Å². The van der Waals surface area contributed by atoms with E-state index in [2.05, 4.69) is 11.6 Å². The van der Waals surface area contributed by atoms with E-state index >= 15 is 0 Å². The van der Waals surface area contributed by atoms with Gasteiger partial charge in [-0.25, -0.2) is 12.8 Å². The molecule has 4 rings (SSSR count). The molecule has 0 radical (unpaired) electrons. The number of sulfonamides is 1. The molecule has 0 N–H and O–H groups in total. The summed E-state index contributed by atoms with van der Waals surface area (Å²) in [5.74, 6) is -0.347. The number of thiazole rings is 1. The summed E-state index contributed by atoms with van der Waals surface area (Å²) in [4.78, 5) is 18.1. The summed E-state index contributed by atoms with van der Waals surface area (Å²) in [6.45, 7) is 4.55. The molecular formula is C24H26FN3O5S2. The molecule has 1 aromatic heterocycles. The quantitative estimate of drug-likeness (QED) is 0.445. The van der Waals surface area contributed by atoms with Crippen LogP contribution in [0.4, 0.5) is 4.39 Å². The smallest absolute Gasteiger partial charge is 0.252 e. The lowest BCUT2D eigenvalue weighted by Crippen LogP contribution is -2.42. The minimum atomic E-state index is -3.84. The average Bonchev–Trinajstić information content (AvgIpc) is 3.19. The number of nitrogens with zero attached hydrogens (tertiary/aromatic N) is 3. The van der Waals surface area contributed by atoms with Gasteiger partial charge < -0.3 is 14.0 Å². The molecule has 1 aliphatic rings. The van der Waals surface area contributed by atoms with Crippen molar-refractivity contribution in [1.29, 1.82) is 0 Å². The number of carbonyl (C=O) groups is 1. The number of piperidine rings is 1. The van der Waals surface area contributed by atoms with Gasteiger partial charge in [-0.05, 0) is 37.1 Å². The molecule has 0 aliphatic carbocycles. The molecule has 1 saturated heterocycles. The summed E-state index contributed by atoms with van der Waals surface area (Å²) in [6, 6.07) is 8.35. The molecule has 2 aromatic carbocycles. The number of rotatable bonds is 7. The SMILES string of the molecule is C=CCn1c(=NC(=O)C2CCCN(S(=O)(=O)c3ccc(F)cc3)C2)sc2cc(OC)c(OC)cc21. The van der Waals surface area contributed by atoms with Gasteiger partial charge in [-0.15, -0.1) is 6.58 Å². The van der Waals surface area contributed by atoms with Crippen molar-refractivity contribution in [3.63, 3.8) is 0 Å². The number of hydrogen-bond donors (Lipinski definition) is 0. The van der Waals surface area contributed by atoms with E-state index in [1.807, 2.05) is 16.7 Å². The van der Waals surface area contributed by atoms with Crippen LogP contribution >= 0.6 is 11.3 Å². The Morgan fingerprint density at radius 2 is 1.91 bits per heavy atom. The lowest BCUT2D eigenvalue weighted by Gasteiger charge is -2.30. The number of ether oxygens (including phenoxy) is 2.